The van der Waals surface area contributed by atoms with E-state index in [2.05, 4.69) is 62.9 Å². The van der Waals surface area contributed by atoms with Crippen molar-refractivity contribution in [1.29, 1.82) is 0 Å². The van der Waals surface area contributed by atoms with Gasteiger partial charge >= 0.3 is 0 Å². The van der Waals surface area contributed by atoms with Crippen LogP contribution in [0.25, 0.3) is 0 Å². The number of halogens is 1. The fourth-order valence-electron chi connectivity index (χ4n) is 7.08. The second-order valence-corrected chi connectivity index (χ2v) is 16.7. The van der Waals surface area contributed by atoms with Crippen LogP contribution in [0.4, 0.5) is 0 Å². The summed E-state index contributed by atoms with van der Waals surface area (Å²) in [4.78, 5) is 25.1. The van der Waals surface area contributed by atoms with Crippen molar-refractivity contribution in [3.05, 3.63) is 24.3 Å². The number of hydrogen-bond acceptors (Lipinski definition) is 3. The van der Waals surface area contributed by atoms with Gasteiger partial charge in [-0.05, 0) is 77.0 Å². The molecule has 1 atom stereocenters. The predicted octanol–water partition coefficient (Wildman–Crippen LogP) is 9.30. The van der Waals surface area contributed by atoms with E-state index < -0.39 is 0 Å². The summed E-state index contributed by atoms with van der Waals surface area (Å²) >= 11 is 0. The zero-order valence-corrected chi connectivity index (χ0v) is 37.2. The molecule has 54 heavy (non-hydrogen) atoms. The lowest BCUT2D eigenvalue weighted by molar-refractivity contribution is -0.890. The molecule has 0 aliphatic carbocycles. The molecule has 0 saturated heterocycles. The van der Waals surface area contributed by atoms with Crippen LogP contribution >= 0.6 is 0 Å². The van der Waals surface area contributed by atoms with Crippen LogP contribution in [0, 0.1) is 0 Å². The third kappa shape index (κ3) is 41.8. The molecule has 2 amide bonds. The van der Waals surface area contributed by atoms with Gasteiger partial charge in [0.05, 0.1) is 27.2 Å². The summed E-state index contributed by atoms with van der Waals surface area (Å²) in [6, 6.07) is 0.112. The van der Waals surface area contributed by atoms with Gasteiger partial charge in [-0.15, -0.1) is 0 Å². The van der Waals surface area contributed by atoms with Gasteiger partial charge in [0, 0.05) is 44.9 Å². The SMILES string of the molecule is CCCCCCCC/C=C\CCCCCCCC(=O)NCCC[N+](C)(C)CCC(CCCO)NC(=O)CCCCCCC/C=C\CCCCCCCC.[Cl-]. The molecule has 7 heteroatoms. The number of allylic oxidation sites excluding steroid dienone is 4. The normalized spacial score (nSPS) is 12.4. The smallest absolute Gasteiger partial charge is 0.220 e. The van der Waals surface area contributed by atoms with Crippen molar-refractivity contribution in [3.63, 3.8) is 0 Å². The van der Waals surface area contributed by atoms with Crippen molar-refractivity contribution in [3.8, 4) is 0 Å². The average molecular weight is 783 g/mol. The molecule has 0 aromatic heterocycles. The standard InChI is InChI=1S/C47H91N3O3.ClH/c1-5-7-9-11-13-15-17-19-21-23-25-27-29-31-33-38-46(52)48-41-36-42-50(3,4)43-40-45(37-35-44-51)49-47(53)39-34-32-30-28-26-24-22-20-18-16-14-12-10-8-6-2;/h19-22,45,51H,5-18,23-44H2,1-4H3,(H-,48,49,52,53);1H/b21-19-,22-20-;. The van der Waals surface area contributed by atoms with E-state index >= 15 is 0 Å². The maximum atomic E-state index is 12.7. The summed E-state index contributed by atoms with van der Waals surface area (Å²) in [7, 11) is 4.48. The highest BCUT2D eigenvalue weighted by Gasteiger charge is 2.20. The van der Waals surface area contributed by atoms with Gasteiger partial charge in [-0.2, -0.15) is 0 Å². The van der Waals surface area contributed by atoms with Gasteiger partial charge in [-0.25, -0.2) is 0 Å². The highest BCUT2D eigenvalue weighted by atomic mass is 35.5. The van der Waals surface area contributed by atoms with E-state index in [0.717, 1.165) is 69.1 Å². The van der Waals surface area contributed by atoms with Gasteiger partial charge < -0.3 is 32.6 Å². The number of rotatable bonds is 41. The molecule has 6 nitrogen and oxygen atoms in total. The number of carbonyl (C=O) groups excluding carboxylic acids is 2. The van der Waals surface area contributed by atoms with Crippen molar-refractivity contribution in [2.24, 2.45) is 0 Å². The molecule has 3 N–H and O–H groups in total. The van der Waals surface area contributed by atoms with E-state index in [-0.39, 0.29) is 36.9 Å². The van der Waals surface area contributed by atoms with E-state index in [9.17, 15) is 14.7 Å². The molecule has 0 radical (unpaired) electrons. The maximum Gasteiger partial charge on any atom is 0.220 e. The van der Waals surface area contributed by atoms with Crippen molar-refractivity contribution in [2.45, 2.75) is 225 Å². The number of quaternary nitrogens is 1. The summed E-state index contributed by atoms with van der Waals surface area (Å²) in [5, 5.41) is 15.8. The van der Waals surface area contributed by atoms with E-state index in [0.29, 0.717) is 19.3 Å². The van der Waals surface area contributed by atoms with Crippen molar-refractivity contribution in [1.82, 2.24) is 10.6 Å². The molecule has 1 unspecified atom stereocenters. The Bertz CT molecular complexity index is 863. The summed E-state index contributed by atoms with van der Waals surface area (Å²) in [6.07, 6.45) is 47.0. The van der Waals surface area contributed by atoms with Crippen LogP contribution in [-0.4, -0.2) is 67.8 Å². The molecule has 0 spiro atoms. The first-order chi connectivity index (χ1) is 25.8. The van der Waals surface area contributed by atoms with Crippen LogP contribution < -0.4 is 23.0 Å². The molecule has 0 saturated carbocycles. The summed E-state index contributed by atoms with van der Waals surface area (Å²) in [6.45, 7) is 7.39. The highest BCUT2D eigenvalue weighted by molar-refractivity contribution is 5.76. The lowest BCUT2D eigenvalue weighted by atomic mass is 10.1. The zero-order valence-electron chi connectivity index (χ0n) is 36.4. The van der Waals surface area contributed by atoms with Gasteiger partial charge in [0.15, 0.2) is 0 Å². The summed E-state index contributed by atoms with van der Waals surface area (Å²) in [5.41, 5.74) is 0. The fraction of sp³-hybridized carbons (Fsp3) is 0.872. The van der Waals surface area contributed by atoms with Crippen molar-refractivity contribution in [2.75, 3.05) is 40.3 Å². The third-order valence-corrected chi connectivity index (χ3v) is 10.8. The third-order valence-electron chi connectivity index (χ3n) is 10.8. The van der Waals surface area contributed by atoms with Gasteiger partial charge in [-0.3, -0.25) is 9.59 Å². The minimum absolute atomic E-state index is 0. The Balaban J connectivity index is 0. The van der Waals surface area contributed by atoms with Gasteiger partial charge in [-0.1, -0.05) is 141 Å². The first-order valence-electron chi connectivity index (χ1n) is 23.1. The minimum atomic E-state index is 0. The Morgan fingerprint density at radius 2 is 0.926 bits per heavy atom. The van der Waals surface area contributed by atoms with Gasteiger partial charge in [0.1, 0.15) is 0 Å². The molecule has 320 valence electrons. The minimum Gasteiger partial charge on any atom is -1.00 e. The highest BCUT2D eigenvalue weighted by Crippen LogP contribution is 2.13. The molecule has 0 heterocycles. The van der Waals surface area contributed by atoms with Crippen LogP contribution in [0.2, 0.25) is 0 Å². The van der Waals surface area contributed by atoms with Crippen LogP contribution in [0.5, 0.6) is 0 Å². The second kappa shape index (κ2) is 42.8. The number of amides is 2. The molecule has 0 aliphatic heterocycles. The van der Waals surface area contributed by atoms with Crippen LogP contribution in [0.1, 0.15) is 219 Å². The Hall–Kier alpha value is -1.37. The van der Waals surface area contributed by atoms with Crippen LogP contribution in [0.15, 0.2) is 24.3 Å². The summed E-state index contributed by atoms with van der Waals surface area (Å²) in [5.74, 6) is 0.343. The van der Waals surface area contributed by atoms with E-state index in [1.165, 1.54) is 141 Å². The molecule has 0 fully saturated rings. The number of aliphatic hydroxyl groups excluding tert-OH is 1. The van der Waals surface area contributed by atoms with E-state index in [1.54, 1.807) is 0 Å². The maximum absolute atomic E-state index is 12.7. The van der Waals surface area contributed by atoms with Gasteiger partial charge in [0.2, 0.25) is 11.8 Å². The molecular formula is C47H92ClN3O3. The first-order valence-corrected chi connectivity index (χ1v) is 23.1. The number of hydrogen-bond donors (Lipinski definition) is 3. The van der Waals surface area contributed by atoms with E-state index in [1.807, 2.05) is 0 Å². The molecule has 0 rings (SSSR count). The largest absolute Gasteiger partial charge is 1.00 e. The monoisotopic (exact) mass is 782 g/mol. The number of unbranched alkanes of at least 4 members (excludes halogenated alkanes) is 22. The Kier molecular flexibility index (Phi) is 43.3. The zero-order chi connectivity index (χ0) is 38.9. The van der Waals surface area contributed by atoms with E-state index in [4.69, 9.17) is 0 Å². The lowest BCUT2D eigenvalue weighted by Gasteiger charge is -2.32. The number of nitrogens with one attached hydrogen (secondary N) is 2. The molecule has 0 aromatic rings. The average Bonchev–Trinajstić information content (AvgIpc) is 3.14. The first kappa shape index (κ1) is 54.7. The quantitative estimate of drug-likeness (QED) is 0.0329. The topological polar surface area (TPSA) is 78.4 Å². The van der Waals surface area contributed by atoms with Crippen LogP contribution in [-0.2, 0) is 9.59 Å². The fourth-order valence-corrected chi connectivity index (χ4v) is 7.08. The molecular weight excluding hydrogens is 690 g/mol. The molecule has 0 aliphatic rings. The molecule has 0 bridgehead atoms. The van der Waals surface area contributed by atoms with Gasteiger partial charge in [0.25, 0.3) is 0 Å². The number of nitrogens with zero attached hydrogens (tertiary/aromatic N) is 1. The Morgan fingerprint density at radius 1 is 0.519 bits per heavy atom. The summed E-state index contributed by atoms with van der Waals surface area (Å²) < 4.78 is 0.865. The number of carbonyl (C=O) groups is 2. The van der Waals surface area contributed by atoms with Crippen molar-refractivity contribution < 1.29 is 31.6 Å². The predicted molar refractivity (Wildman–Crippen MR) is 231 cm³/mol. The lowest BCUT2D eigenvalue weighted by Crippen LogP contribution is -3.00. The molecule has 0 aromatic carbocycles. The Labute approximate surface area is 342 Å². The second-order valence-electron chi connectivity index (χ2n) is 16.7. The number of aliphatic hydroxyl groups is 1. The van der Waals surface area contributed by atoms with Crippen LogP contribution in [0.3, 0.4) is 0 Å². The Morgan fingerprint density at radius 3 is 1.37 bits per heavy atom. The van der Waals surface area contributed by atoms with Crippen molar-refractivity contribution >= 4 is 11.8 Å².